The number of benzene rings is 3. The molecule has 1 atom stereocenters. The molecule has 0 radical (unpaired) electrons. The van der Waals surface area contributed by atoms with Gasteiger partial charge in [-0.15, -0.1) is 0 Å². The number of sulfone groups is 1. The van der Waals surface area contributed by atoms with Crippen molar-refractivity contribution in [3.8, 4) is 0 Å². The largest absolute Gasteiger partial charge is 0.502 e. The highest BCUT2D eigenvalue weighted by Gasteiger charge is 2.47. The molecule has 0 aliphatic carbocycles. The van der Waals surface area contributed by atoms with Gasteiger partial charge in [0.2, 0.25) is 9.84 Å². The number of carbonyl (C=O) groups excluding carboxylic acids is 1. The van der Waals surface area contributed by atoms with Gasteiger partial charge >= 0.3 is 0 Å². The van der Waals surface area contributed by atoms with E-state index in [4.69, 9.17) is 0 Å². The van der Waals surface area contributed by atoms with E-state index in [1.54, 1.807) is 60.7 Å². The lowest BCUT2D eigenvalue weighted by atomic mass is 10.1. The van der Waals surface area contributed by atoms with Crippen molar-refractivity contribution >= 4 is 37.4 Å². The second-order valence-electron chi connectivity index (χ2n) is 6.99. The fraction of sp³-hybridized carbons (Fsp3) is 0.0870. The van der Waals surface area contributed by atoms with Crippen molar-refractivity contribution in [3.05, 3.63) is 105 Å². The van der Waals surface area contributed by atoms with E-state index in [0.29, 0.717) is 11.3 Å². The van der Waals surface area contributed by atoms with Crippen LogP contribution in [-0.4, -0.2) is 19.4 Å². The third-order valence-electron chi connectivity index (χ3n) is 5.00. The minimum absolute atomic E-state index is 0.0287. The zero-order chi connectivity index (χ0) is 21.5. The molecular formula is C23H18BrNO4S. The number of hydrogen-bond donors (Lipinski definition) is 1. The van der Waals surface area contributed by atoms with Gasteiger partial charge < -0.3 is 5.11 Å². The van der Waals surface area contributed by atoms with Gasteiger partial charge in [-0.3, -0.25) is 9.69 Å². The number of amides is 1. The molecule has 1 aliphatic heterocycles. The molecule has 152 valence electrons. The van der Waals surface area contributed by atoms with Gasteiger partial charge in [0.05, 0.1) is 4.90 Å². The zero-order valence-electron chi connectivity index (χ0n) is 16.0. The van der Waals surface area contributed by atoms with Crippen molar-refractivity contribution in [1.29, 1.82) is 0 Å². The highest BCUT2D eigenvalue weighted by molar-refractivity contribution is 9.10. The number of halogens is 1. The monoisotopic (exact) mass is 483 g/mol. The number of aliphatic hydroxyl groups is 1. The Morgan fingerprint density at radius 3 is 2.10 bits per heavy atom. The van der Waals surface area contributed by atoms with Gasteiger partial charge in [0, 0.05) is 10.2 Å². The van der Waals surface area contributed by atoms with Crippen LogP contribution in [0.15, 0.2) is 98.9 Å². The fourth-order valence-electron chi connectivity index (χ4n) is 3.51. The van der Waals surface area contributed by atoms with E-state index >= 15 is 0 Å². The Kier molecular flexibility index (Phi) is 5.26. The lowest BCUT2D eigenvalue weighted by molar-refractivity contribution is -0.117. The lowest BCUT2D eigenvalue weighted by Gasteiger charge is -2.27. The summed E-state index contributed by atoms with van der Waals surface area (Å²) in [7, 11) is -4.13. The van der Waals surface area contributed by atoms with Crippen molar-refractivity contribution in [3.63, 3.8) is 0 Å². The quantitative estimate of drug-likeness (QED) is 0.560. The molecule has 0 aromatic heterocycles. The SMILES string of the molecule is Cc1ccc(S(=O)(=O)C2=C(O)C(=O)N(c3ccc(Br)cc3)C2c2ccccc2)cc1. The molecule has 1 N–H and O–H groups in total. The maximum Gasteiger partial charge on any atom is 0.295 e. The average Bonchev–Trinajstić information content (AvgIpc) is 3.01. The topological polar surface area (TPSA) is 74.7 Å². The summed E-state index contributed by atoms with van der Waals surface area (Å²) in [4.78, 5) is 14.1. The Hall–Kier alpha value is -2.90. The summed E-state index contributed by atoms with van der Waals surface area (Å²) in [5.74, 6) is -1.51. The first-order valence-electron chi connectivity index (χ1n) is 9.19. The lowest BCUT2D eigenvalue weighted by Crippen LogP contribution is -2.31. The maximum absolute atomic E-state index is 13.5. The van der Waals surface area contributed by atoms with Crippen LogP contribution >= 0.6 is 15.9 Å². The van der Waals surface area contributed by atoms with Gasteiger partial charge in [-0.25, -0.2) is 8.42 Å². The average molecular weight is 484 g/mol. The van der Waals surface area contributed by atoms with Crippen molar-refractivity contribution in [1.82, 2.24) is 0 Å². The van der Waals surface area contributed by atoms with Crippen LogP contribution in [0.25, 0.3) is 0 Å². The molecule has 1 unspecified atom stereocenters. The second kappa shape index (κ2) is 7.74. The maximum atomic E-state index is 13.5. The standard InChI is InChI=1S/C23H18BrNO4S/c1-15-7-13-19(14-8-15)30(28,29)22-20(16-5-3-2-4-6-16)25(23(27)21(22)26)18-11-9-17(24)10-12-18/h2-14,20,26H,1H3. The van der Waals surface area contributed by atoms with Crippen LogP contribution in [0.5, 0.6) is 0 Å². The van der Waals surface area contributed by atoms with E-state index in [0.717, 1.165) is 10.0 Å². The first-order chi connectivity index (χ1) is 14.3. The molecule has 0 saturated carbocycles. The zero-order valence-corrected chi connectivity index (χ0v) is 18.4. The third kappa shape index (κ3) is 3.44. The van der Waals surface area contributed by atoms with Crippen molar-refractivity contribution < 1.29 is 18.3 Å². The molecule has 30 heavy (non-hydrogen) atoms. The number of rotatable bonds is 4. The van der Waals surface area contributed by atoms with E-state index in [9.17, 15) is 18.3 Å². The summed E-state index contributed by atoms with van der Waals surface area (Å²) in [5, 5.41) is 10.7. The summed E-state index contributed by atoms with van der Waals surface area (Å²) in [6.07, 6.45) is 0. The molecule has 1 heterocycles. The van der Waals surface area contributed by atoms with E-state index in [-0.39, 0.29) is 9.80 Å². The molecule has 0 saturated heterocycles. The number of aryl methyl sites for hydroxylation is 1. The molecule has 3 aromatic carbocycles. The predicted molar refractivity (Wildman–Crippen MR) is 119 cm³/mol. The molecule has 4 rings (SSSR count). The molecule has 3 aromatic rings. The predicted octanol–water partition coefficient (Wildman–Crippen LogP) is 5.09. The van der Waals surface area contributed by atoms with Crippen LogP contribution in [-0.2, 0) is 14.6 Å². The molecule has 1 amide bonds. The number of anilines is 1. The number of carbonyl (C=O) groups is 1. The van der Waals surface area contributed by atoms with Crippen LogP contribution in [0.3, 0.4) is 0 Å². The molecule has 5 nitrogen and oxygen atoms in total. The number of hydrogen-bond acceptors (Lipinski definition) is 4. The highest BCUT2D eigenvalue weighted by atomic mass is 79.9. The molecule has 0 bridgehead atoms. The molecule has 7 heteroatoms. The fourth-order valence-corrected chi connectivity index (χ4v) is 5.40. The van der Waals surface area contributed by atoms with Gasteiger partial charge in [-0.05, 0) is 48.9 Å². The second-order valence-corrected chi connectivity index (χ2v) is 9.83. The van der Waals surface area contributed by atoms with E-state index in [1.165, 1.54) is 17.0 Å². The number of nitrogens with zero attached hydrogens (tertiary/aromatic N) is 1. The molecular weight excluding hydrogens is 466 g/mol. The van der Waals surface area contributed by atoms with E-state index in [2.05, 4.69) is 15.9 Å². The van der Waals surface area contributed by atoms with Gasteiger partial charge in [-0.1, -0.05) is 64.0 Å². The van der Waals surface area contributed by atoms with Gasteiger partial charge in [0.1, 0.15) is 10.9 Å². The first-order valence-corrected chi connectivity index (χ1v) is 11.5. The summed E-state index contributed by atoms with van der Waals surface area (Å²) < 4.78 is 27.8. The first kappa shape index (κ1) is 20.4. The van der Waals surface area contributed by atoms with Crippen LogP contribution < -0.4 is 4.90 Å². The Balaban J connectivity index is 1.92. The van der Waals surface area contributed by atoms with Crippen LogP contribution in [0.2, 0.25) is 0 Å². The smallest absolute Gasteiger partial charge is 0.295 e. The van der Waals surface area contributed by atoms with Crippen LogP contribution in [0.4, 0.5) is 5.69 Å². The Morgan fingerprint density at radius 1 is 0.900 bits per heavy atom. The summed E-state index contributed by atoms with van der Waals surface area (Å²) in [6, 6.07) is 21.1. The van der Waals surface area contributed by atoms with Crippen molar-refractivity contribution in [2.75, 3.05) is 4.90 Å². The molecule has 0 spiro atoms. The summed E-state index contributed by atoms with van der Waals surface area (Å²) in [5.41, 5.74) is 1.98. The van der Waals surface area contributed by atoms with E-state index in [1.807, 2.05) is 13.0 Å². The minimum atomic E-state index is -4.13. The van der Waals surface area contributed by atoms with Gasteiger partial charge in [0.15, 0.2) is 5.76 Å². The number of aliphatic hydroxyl groups excluding tert-OH is 1. The highest BCUT2D eigenvalue weighted by Crippen LogP contribution is 2.44. The Morgan fingerprint density at radius 2 is 1.50 bits per heavy atom. The van der Waals surface area contributed by atoms with Crippen LogP contribution in [0, 0.1) is 6.92 Å². The van der Waals surface area contributed by atoms with E-state index < -0.39 is 27.5 Å². The van der Waals surface area contributed by atoms with Crippen LogP contribution in [0.1, 0.15) is 17.2 Å². The van der Waals surface area contributed by atoms with Crippen molar-refractivity contribution in [2.24, 2.45) is 0 Å². The Bertz CT molecular complexity index is 1230. The third-order valence-corrected chi connectivity index (χ3v) is 7.42. The minimum Gasteiger partial charge on any atom is -0.502 e. The normalized spacial score (nSPS) is 16.9. The molecule has 0 fully saturated rings. The Labute approximate surface area is 183 Å². The van der Waals surface area contributed by atoms with Crippen molar-refractivity contribution in [2.45, 2.75) is 17.9 Å². The van der Waals surface area contributed by atoms with Gasteiger partial charge in [0.25, 0.3) is 5.91 Å². The molecule has 1 aliphatic rings. The summed E-state index contributed by atoms with van der Waals surface area (Å²) in [6.45, 7) is 1.86. The summed E-state index contributed by atoms with van der Waals surface area (Å²) >= 11 is 3.36. The van der Waals surface area contributed by atoms with Gasteiger partial charge in [-0.2, -0.15) is 0 Å².